The van der Waals surface area contributed by atoms with Gasteiger partial charge in [-0.25, -0.2) is 0 Å². The summed E-state index contributed by atoms with van der Waals surface area (Å²) in [6.07, 6.45) is 2.27. The van der Waals surface area contributed by atoms with Gasteiger partial charge < -0.3 is 4.74 Å². The van der Waals surface area contributed by atoms with Crippen molar-refractivity contribution in [3.63, 3.8) is 0 Å². The van der Waals surface area contributed by atoms with E-state index in [1.807, 2.05) is 25.1 Å². The van der Waals surface area contributed by atoms with Crippen molar-refractivity contribution in [2.24, 2.45) is 0 Å². The zero-order valence-corrected chi connectivity index (χ0v) is 10.0. The summed E-state index contributed by atoms with van der Waals surface area (Å²) in [4.78, 5) is 12.0. The van der Waals surface area contributed by atoms with E-state index in [1.54, 1.807) is 6.26 Å². The number of Topliss-reactive ketones (excluding diaryl/α,β-unsaturated/α-hetero) is 1. The Morgan fingerprint density at radius 3 is 2.93 bits per heavy atom. The molecule has 1 aliphatic heterocycles. The van der Waals surface area contributed by atoms with Crippen LogP contribution in [0.4, 0.5) is 0 Å². The van der Waals surface area contributed by atoms with Gasteiger partial charge in [0.05, 0.1) is 12.9 Å². The summed E-state index contributed by atoms with van der Waals surface area (Å²) in [5.41, 5.74) is 2.54. The van der Waals surface area contributed by atoms with Crippen LogP contribution in [0.3, 0.4) is 0 Å². The van der Waals surface area contributed by atoms with Gasteiger partial charge in [-0.3, -0.25) is 4.79 Å². The fraction of sp³-hybridized carbons (Fsp3) is 0.250. The first-order valence-corrected chi connectivity index (χ1v) is 5.60. The number of ether oxygens (including phenoxy) is 1. The molecular formula is C12H11BrO2. The molecule has 0 atom stereocenters. The van der Waals surface area contributed by atoms with Gasteiger partial charge in [0.2, 0.25) is 0 Å². The molecule has 1 heterocycles. The smallest absolute Gasteiger partial charge is 0.193 e. The number of hydrogen-bond donors (Lipinski definition) is 0. The van der Waals surface area contributed by atoms with Crippen molar-refractivity contribution < 1.29 is 9.53 Å². The lowest BCUT2D eigenvalue weighted by atomic mass is 10.0. The van der Waals surface area contributed by atoms with E-state index in [1.165, 1.54) is 0 Å². The zero-order chi connectivity index (χ0) is 10.8. The lowest BCUT2D eigenvalue weighted by Crippen LogP contribution is -2.03. The van der Waals surface area contributed by atoms with E-state index < -0.39 is 0 Å². The molecule has 0 fully saturated rings. The maximum atomic E-state index is 12.0. The van der Waals surface area contributed by atoms with E-state index in [-0.39, 0.29) is 5.78 Å². The minimum absolute atomic E-state index is 0.0584. The Kier molecular flexibility index (Phi) is 2.91. The van der Waals surface area contributed by atoms with Crippen molar-refractivity contribution in [3.05, 3.63) is 45.6 Å². The van der Waals surface area contributed by atoms with Crippen molar-refractivity contribution in [2.45, 2.75) is 13.3 Å². The molecule has 2 rings (SSSR count). The van der Waals surface area contributed by atoms with E-state index in [2.05, 4.69) is 15.9 Å². The van der Waals surface area contributed by atoms with Crippen molar-refractivity contribution >= 4 is 21.7 Å². The molecule has 1 aromatic rings. The largest absolute Gasteiger partial charge is 0.500 e. The molecule has 0 radical (unpaired) electrons. The Morgan fingerprint density at radius 1 is 1.47 bits per heavy atom. The summed E-state index contributed by atoms with van der Waals surface area (Å²) in [6.45, 7) is 2.59. The van der Waals surface area contributed by atoms with Crippen LogP contribution in [0.1, 0.15) is 22.3 Å². The van der Waals surface area contributed by atoms with Gasteiger partial charge in [-0.15, -0.1) is 0 Å². The summed E-state index contributed by atoms with van der Waals surface area (Å²) in [7, 11) is 0. The first kappa shape index (κ1) is 10.4. The first-order valence-electron chi connectivity index (χ1n) is 4.80. The van der Waals surface area contributed by atoms with Crippen molar-refractivity contribution in [3.8, 4) is 0 Å². The maximum absolute atomic E-state index is 12.0. The van der Waals surface area contributed by atoms with Gasteiger partial charge in [0.1, 0.15) is 0 Å². The Morgan fingerprint density at radius 2 is 2.27 bits per heavy atom. The Balaban J connectivity index is 2.37. The fourth-order valence-electron chi connectivity index (χ4n) is 1.55. The van der Waals surface area contributed by atoms with E-state index in [4.69, 9.17) is 4.74 Å². The minimum atomic E-state index is 0.0584. The third kappa shape index (κ3) is 1.97. The molecule has 0 bridgehead atoms. The van der Waals surface area contributed by atoms with Crippen LogP contribution < -0.4 is 0 Å². The fourth-order valence-corrected chi connectivity index (χ4v) is 1.99. The SMILES string of the molecule is Cc1cccc(C(=O)C2=COCC2)c1Br. The number of benzene rings is 1. The van der Waals surface area contributed by atoms with Crippen molar-refractivity contribution in [1.29, 1.82) is 0 Å². The second-order valence-corrected chi connectivity index (χ2v) is 4.32. The van der Waals surface area contributed by atoms with Gasteiger partial charge in [0.15, 0.2) is 5.78 Å². The molecule has 3 heteroatoms. The number of rotatable bonds is 2. The first-order chi connectivity index (χ1) is 7.20. The summed E-state index contributed by atoms with van der Waals surface area (Å²) in [6, 6.07) is 5.70. The van der Waals surface area contributed by atoms with Gasteiger partial charge >= 0.3 is 0 Å². The second-order valence-electron chi connectivity index (χ2n) is 3.53. The van der Waals surface area contributed by atoms with E-state index in [9.17, 15) is 4.79 Å². The molecule has 1 aromatic carbocycles. The third-order valence-electron chi connectivity index (χ3n) is 2.44. The molecule has 0 amide bonds. The average molecular weight is 267 g/mol. The molecule has 0 saturated heterocycles. The molecule has 0 aromatic heterocycles. The van der Waals surface area contributed by atoms with Crippen LogP contribution in [-0.4, -0.2) is 12.4 Å². The van der Waals surface area contributed by atoms with Gasteiger partial charge in [-0.1, -0.05) is 12.1 Å². The molecule has 0 saturated carbocycles. The van der Waals surface area contributed by atoms with E-state index in [0.717, 1.165) is 15.6 Å². The van der Waals surface area contributed by atoms with Crippen LogP contribution in [0.5, 0.6) is 0 Å². The van der Waals surface area contributed by atoms with Gasteiger partial charge in [-0.05, 0) is 34.5 Å². The molecule has 1 aliphatic rings. The lowest BCUT2D eigenvalue weighted by molar-refractivity contribution is 0.103. The molecular weight excluding hydrogens is 256 g/mol. The van der Waals surface area contributed by atoms with Gasteiger partial charge in [0.25, 0.3) is 0 Å². The van der Waals surface area contributed by atoms with E-state index >= 15 is 0 Å². The standard InChI is InChI=1S/C12H11BrO2/c1-8-3-2-4-10(11(8)13)12(14)9-5-6-15-7-9/h2-4,7H,5-6H2,1H3. The molecule has 78 valence electrons. The zero-order valence-electron chi connectivity index (χ0n) is 8.42. The predicted octanol–water partition coefficient (Wildman–Crippen LogP) is 3.24. The number of carbonyl (C=O) groups excluding carboxylic acids is 1. The maximum Gasteiger partial charge on any atom is 0.193 e. The van der Waals surface area contributed by atoms with Crippen molar-refractivity contribution in [2.75, 3.05) is 6.61 Å². The van der Waals surface area contributed by atoms with Crippen LogP contribution in [0.2, 0.25) is 0 Å². The molecule has 2 nitrogen and oxygen atoms in total. The normalized spacial score (nSPS) is 14.7. The Hall–Kier alpha value is -1.09. The van der Waals surface area contributed by atoms with Crippen LogP contribution in [0.25, 0.3) is 0 Å². The summed E-state index contributed by atoms with van der Waals surface area (Å²) in [5, 5.41) is 0. The predicted molar refractivity (Wildman–Crippen MR) is 61.9 cm³/mol. The van der Waals surface area contributed by atoms with Crippen LogP contribution in [-0.2, 0) is 4.74 Å². The highest BCUT2D eigenvalue weighted by molar-refractivity contribution is 9.10. The highest BCUT2D eigenvalue weighted by atomic mass is 79.9. The third-order valence-corrected chi connectivity index (χ3v) is 3.50. The Bertz CT molecular complexity index is 435. The number of aryl methyl sites for hydroxylation is 1. The topological polar surface area (TPSA) is 26.3 Å². The quantitative estimate of drug-likeness (QED) is 0.769. The van der Waals surface area contributed by atoms with Crippen LogP contribution in [0, 0.1) is 6.92 Å². The Labute approximate surface area is 97.1 Å². The van der Waals surface area contributed by atoms with Gasteiger partial charge in [0, 0.05) is 22.0 Å². The molecule has 15 heavy (non-hydrogen) atoms. The summed E-state index contributed by atoms with van der Waals surface area (Å²) in [5.74, 6) is 0.0584. The number of hydrogen-bond acceptors (Lipinski definition) is 2. The molecule has 0 unspecified atom stereocenters. The number of halogens is 1. The monoisotopic (exact) mass is 266 g/mol. The second kappa shape index (κ2) is 4.19. The van der Waals surface area contributed by atoms with Gasteiger partial charge in [-0.2, -0.15) is 0 Å². The molecule has 0 aliphatic carbocycles. The molecule has 0 spiro atoms. The van der Waals surface area contributed by atoms with E-state index in [0.29, 0.717) is 18.6 Å². The van der Waals surface area contributed by atoms with Crippen molar-refractivity contribution in [1.82, 2.24) is 0 Å². The molecule has 0 N–H and O–H groups in total. The van der Waals surface area contributed by atoms with Crippen LogP contribution in [0.15, 0.2) is 34.5 Å². The lowest BCUT2D eigenvalue weighted by Gasteiger charge is -2.05. The summed E-state index contributed by atoms with van der Waals surface area (Å²) >= 11 is 3.44. The highest BCUT2D eigenvalue weighted by Gasteiger charge is 2.18. The number of carbonyl (C=O) groups is 1. The summed E-state index contributed by atoms with van der Waals surface area (Å²) < 4.78 is 5.95. The minimum Gasteiger partial charge on any atom is -0.500 e. The highest BCUT2D eigenvalue weighted by Crippen LogP contribution is 2.25. The van der Waals surface area contributed by atoms with Crippen LogP contribution >= 0.6 is 15.9 Å². The average Bonchev–Trinajstić information content (AvgIpc) is 2.74. The number of ketones is 1.